The zero-order chi connectivity index (χ0) is 17.9. The Kier molecular flexibility index (Phi) is 5.75. The van der Waals surface area contributed by atoms with Gasteiger partial charge in [0.15, 0.2) is 0 Å². The highest BCUT2D eigenvalue weighted by molar-refractivity contribution is 7.88. The predicted molar refractivity (Wildman–Crippen MR) is 92.2 cm³/mol. The average molecular weight is 372 g/mol. The lowest BCUT2D eigenvalue weighted by molar-refractivity contribution is -0.0843. The maximum absolute atomic E-state index is 13.1. The van der Waals surface area contributed by atoms with Crippen LogP contribution in [0.15, 0.2) is 24.3 Å². The van der Waals surface area contributed by atoms with Crippen molar-refractivity contribution in [2.75, 3.05) is 39.1 Å². The SMILES string of the molecule is CS(=O)(=O)NC[C@H]1CC[C@@]2(COCCN(Cc3ccc(F)cc3)C2)O1. The number of ether oxygens (including phenoxy) is 2. The summed E-state index contributed by atoms with van der Waals surface area (Å²) in [7, 11) is -3.22. The standard InChI is InChI=1S/C17H25FN2O4S/c1-25(21,22)19-10-16-6-7-17(24-16)12-20(8-9-23-13-17)11-14-2-4-15(18)5-3-14/h2-5,16,19H,6-13H2,1H3/t16-,17-/m1/s1. The summed E-state index contributed by atoms with van der Waals surface area (Å²) < 4.78 is 50.1. The summed E-state index contributed by atoms with van der Waals surface area (Å²) in [6.45, 7) is 3.65. The molecule has 1 spiro atoms. The van der Waals surface area contributed by atoms with Gasteiger partial charge in [-0.15, -0.1) is 0 Å². The van der Waals surface area contributed by atoms with E-state index < -0.39 is 15.6 Å². The number of hydrogen-bond donors (Lipinski definition) is 1. The van der Waals surface area contributed by atoms with E-state index in [1.807, 2.05) is 0 Å². The fourth-order valence-corrected chi connectivity index (χ4v) is 3.96. The largest absolute Gasteiger partial charge is 0.377 e. The van der Waals surface area contributed by atoms with Crippen molar-refractivity contribution in [1.29, 1.82) is 0 Å². The van der Waals surface area contributed by atoms with E-state index >= 15 is 0 Å². The van der Waals surface area contributed by atoms with Crippen molar-refractivity contribution in [3.63, 3.8) is 0 Å². The summed E-state index contributed by atoms with van der Waals surface area (Å²) >= 11 is 0. The lowest BCUT2D eigenvalue weighted by atomic mass is 10.00. The smallest absolute Gasteiger partial charge is 0.208 e. The van der Waals surface area contributed by atoms with Crippen molar-refractivity contribution in [2.45, 2.75) is 31.1 Å². The van der Waals surface area contributed by atoms with Crippen molar-refractivity contribution in [1.82, 2.24) is 9.62 Å². The van der Waals surface area contributed by atoms with E-state index in [1.165, 1.54) is 12.1 Å². The van der Waals surface area contributed by atoms with E-state index in [2.05, 4.69) is 9.62 Å². The minimum Gasteiger partial charge on any atom is -0.377 e. The van der Waals surface area contributed by atoms with Crippen LogP contribution in [0.5, 0.6) is 0 Å². The zero-order valence-corrected chi connectivity index (χ0v) is 15.2. The molecular weight excluding hydrogens is 347 g/mol. The summed E-state index contributed by atoms with van der Waals surface area (Å²) in [6.07, 6.45) is 2.65. The highest BCUT2D eigenvalue weighted by atomic mass is 32.2. The molecule has 0 bridgehead atoms. The average Bonchev–Trinajstić information content (AvgIpc) is 2.83. The Balaban J connectivity index is 1.60. The number of sulfonamides is 1. The summed E-state index contributed by atoms with van der Waals surface area (Å²) in [4.78, 5) is 2.26. The summed E-state index contributed by atoms with van der Waals surface area (Å²) in [5, 5.41) is 0. The highest BCUT2D eigenvalue weighted by Gasteiger charge is 2.43. The van der Waals surface area contributed by atoms with Crippen LogP contribution in [0.2, 0.25) is 0 Å². The number of hydrogen-bond acceptors (Lipinski definition) is 5. The molecule has 2 saturated heterocycles. The third-order valence-corrected chi connectivity index (χ3v) is 5.35. The molecule has 25 heavy (non-hydrogen) atoms. The number of rotatable bonds is 5. The lowest BCUT2D eigenvalue weighted by Gasteiger charge is -2.32. The van der Waals surface area contributed by atoms with Gasteiger partial charge in [-0.2, -0.15) is 0 Å². The van der Waals surface area contributed by atoms with Crippen LogP contribution in [0.3, 0.4) is 0 Å². The second-order valence-corrected chi connectivity index (χ2v) is 8.80. The molecule has 2 fully saturated rings. The van der Waals surface area contributed by atoms with Crippen molar-refractivity contribution in [3.8, 4) is 0 Å². The van der Waals surface area contributed by atoms with E-state index in [-0.39, 0.29) is 11.9 Å². The highest BCUT2D eigenvalue weighted by Crippen LogP contribution is 2.33. The van der Waals surface area contributed by atoms with Crippen LogP contribution < -0.4 is 4.72 Å². The van der Waals surface area contributed by atoms with Gasteiger partial charge in [-0.3, -0.25) is 4.90 Å². The molecule has 2 atom stereocenters. The Labute approximate surface area is 148 Å². The molecule has 2 aliphatic heterocycles. The molecular formula is C17H25FN2O4S. The molecule has 0 radical (unpaired) electrons. The molecule has 1 aromatic carbocycles. The third-order valence-electron chi connectivity index (χ3n) is 4.66. The fraction of sp³-hybridized carbons (Fsp3) is 0.647. The van der Waals surface area contributed by atoms with Crippen LogP contribution in [0.1, 0.15) is 18.4 Å². The van der Waals surface area contributed by atoms with Gasteiger partial charge in [0.25, 0.3) is 0 Å². The molecule has 0 unspecified atom stereocenters. The molecule has 6 nitrogen and oxygen atoms in total. The van der Waals surface area contributed by atoms with E-state index in [4.69, 9.17) is 9.47 Å². The summed E-state index contributed by atoms with van der Waals surface area (Å²) in [5.41, 5.74) is 0.646. The van der Waals surface area contributed by atoms with Gasteiger partial charge in [0.1, 0.15) is 11.4 Å². The maximum atomic E-state index is 13.1. The second-order valence-electron chi connectivity index (χ2n) is 6.97. The van der Waals surface area contributed by atoms with Gasteiger partial charge in [0.2, 0.25) is 10.0 Å². The Morgan fingerprint density at radius 3 is 2.84 bits per heavy atom. The van der Waals surface area contributed by atoms with Gasteiger partial charge in [-0.25, -0.2) is 17.5 Å². The van der Waals surface area contributed by atoms with E-state index in [0.717, 1.165) is 37.8 Å². The van der Waals surface area contributed by atoms with Crippen LogP contribution in [0.4, 0.5) is 4.39 Å². The molecule has 0 saturated carbocycles. The van der Waals surface area contributed by atoms with E-state index in [0.29, 0.717) is 26.3 Å². The van der Waals surface area contributed by atoms with Crippen LogP contribution in [-0.4, -0.2) is 64.1 Å². The predicted octanol–water partition coefficient (Wildman–Crippen LogP) is 1.12. The van der Waals surface area contributed by atoms with Crippen LogP contribution in [0, 0.1) is 5.82 Å². The Morgan fingerprint density at radius 2 is 2.12 bits per heavy atom. The van der Waals surface area contributed by atoms with Gasteiger partial charge < -0.3 is 9.47 Å². The van der Waals surface area contributed by atoms with Crippen molar-refractivity contribution < 1.29 is 22.3 Å². The first-order valence-electron chi connectivity index (χ1n) is 8.51. The monoisotopic (exact) mass is 372 g/mol. The number of nitrogens with one attached hydrogen (secondary N) is 1. The Hall–Kier alpha value is -1.06. The molecule has 0 amide bonds. The lowest BCUT2D eigenvalue weighted by Crippen LogP contribution is -2.45. The van der Waals surface area contributed by atoms with Gasteiger partial charge >= 0.3 is 0 Å². The first kappa shape index (κ1) is 18.7. The molecule has 1 N–H and O–H groups in total. The third kappa shape index (κ3) is 5.46. The van der Waals surface area contributed by atoms with E-state index in [9.17, 15) is 12.8 Å². The topological polar surface area (TPSA) is 67.9 Å². The first-order chi connectivity index (χ1) is 11.8. The molecule has 3 rings (SSSR count). The van der Waals surface area contributed by atoms with Gasteiger partial charge in [0, 0.05) is 26.2 Å². The van der Waals surface area contributed by atoms with Crippen LogP contribution >= 0.6 is 0 Å². The van der Waals surface area contributed by atoms with E-state index in [1.54, 1.807) is 12.1 Å². The Morgan fingerprint density at radius 1 is 1.36 bits per heavy atom. The van der Waals surface area contributed by atoms with Crippen molar-refractivity contribution in [2.24, 2.45) is 0 Å². The normalized spacial score (nSPS) is 28.3. The van der Waals surface area contributed by atoms with Gasteiger partial charge in [0.05, 0.1) is 25.6 Å². The summed E-state index contributed by atoms with van der Waals surface area (Å²) in [5.74, 6) is -0.236. The minimum absolute atomic E-state index is 0.135. The number of halogens is 1. The zero-order valence-electron chi connectivity index (χ0n) is 14.4. The fourth-order valence-electron chi connectivity index (χ4n) is 3.47. The summed E-state index contributed by atoms with van der Waals surface area (Å²) in [6, 6.07) is 6.53. The van der Waals surface area contributed by atoms with Gasteiger partial charge in [-0.1, -0.05) is 12.1 Å². The molecule has 0 aliphatic carbocycles. The molecule has 140 valence electrons. The number of benzene rings is 1. The molecule has 0 aromatic heterocycles. The first-order valence-corrected chi connectivity index (χ1v) is 10.4. The maximum Gasteiger partial charge on any atom is 0.208 e. The van der Waals surface area contributed by atoms with Crippen LogP contribution in [-0.2, 0) is 26.0 Å². The molecule has 1 aromatic rings. The Bertz CT molecular complexity index is 682. The molecule has 2 heterocycles. The quantitative estimate of drug-likeness (QED) is 0.839. The van der Waals surface area contributed by atoms with Crippen LogP contribution in [0.25, 0.3) is 0 Å². The van der Waals surface area contributed by atoms with Crippen molar-refractivity contribution in [3.05, 3.63) is 35.6 Å². The minimum atomic E-state index is -3.22. The molecule has 2 aliphatic rings. The van der Waals surface area contributed by atoms with Crippen molar-refractivity contribution >= 4 is 10.0 Å². The molecule has 8 heteroatoms. The van der Waals surface area contributed by atoms with Gasteiger partial charge in [-0.05, 0) is 30.5 Å². The number of nitrogens with zero attached hydrogens (tertiary/aromatic N) is 1. The second kappa shape index (κ2) is 7.67.